The van der Waals surface area contributed by atoms with Crippen LogP contribution in [0.25, 0.3) is 0 Å². The summed E-state index contributed by atoms with van der Waals surface area (Å²) in [6.07, 6.45) is 1.88. The van der Waals surface area contributed by atoms with E-state index in [0.29, 0.717) is 43.0 Å². The van der Waals surface area contributed by atoms with Crippen LogP contribution in [0, 0.1) is 12.7 Å². The molecule has 0 saturated carbocycles. The molecule has 0 aromatic heterocycles. The second kappa shape index (κ2) is 7.87. The van der Waals surface area contributed by atoms with Crippen LogP contribution in [0.2, 0.25) is 0 Å². The normalized spacial score (nSPS) is 23.3. The van der Waals surface area contributed by atoms with Crippen LogP contribution >= 0.6 is 11.8 Å². The SMILES string of the molecule is CC(=O)N1CCC2(CC1)CC1(SC(c3cc(F)ccc3C)=NN1C(C)=O)c1ccccc1O2. The van der Waals surface area contributed by atoms with Gasteiger partial charge in [-0.1, -0.05) is 36.0 Å². The van der Waals surface area contributed by atoms with Crippen LogP contribution in [0.5, 0.6) is 5.75 Å². The lowest BCUT2D eigenvalue weighted by molar-refractivity contribution is -0.137. The fourth-order valence-electron chi connectivity index (χ4n) is 5.12. The molecule has 1 saturated heterocycles. The number of para-hydroxylation sites is 1. The molecule has 1 unspecified atom stereocenters. The lowest BCUT2D eigenvalue weighted by Crippen LogP contribution is -2.57. The molecule has 2 aromatic rings. The Morgan fingerprint density at radius 3 is 2.52 bits per heavy atom. The number of carbonyl (C=O) groups is 2. The monoisotopic (exact) mass is 467 g/mol. The molecule has 5 rings (SSSR count). The highest BCUT2D eigenvalue weighted by atomic mass is 32.2. The Morgan fingerprint density at radius 2 is 1.82 bits per heavy atom. The number of hydrazone groups is 1. The molecular weight excluding hydrogens is 441 g/mol. The average molecular weight is 468 g/mol. The maximum Gasteiger partial charge on any atom is 0.241 e. The lowest BCUT2D eigenvalue weighted by Gasteiger charge is -2.51. The molecule has 0 N–H and O–H groups in total. The lowest BCUT2D eigenvalue weighted by atomic mass is 9.79. The van der Waals surface area contributed by atoms with Gasteiger partial charge in [-0.2, -0.15) is 5.10 Å². The molecule has 1 atom stereocenters. The van der Waals surface area contributed by atoms with E-state index in [4.69, 9.17) is 9.84 Å². The van der Waals surface area contributed by atoms with Gasteiger partial charge in [0.2, 0.25) is 11.8 Å². The van der Waals surface area contributed by atoms with Gasteiger partial charge < -0.3 is 9.64 Å². The smallest absolute Gasteiger partial charge is 0.241 e. The predicted molar refractivity (Wildman–Crippen MR) is 125 cm³/mol. The highest BCUT2D eigenvalue weighted by Crippen LogP contribution is 2.59. The van der Waals surface area contributed by atoms with Gasteiger partial charge >= 0.3 is 0 Å². The largest absolute Gasteiger partial charge is 0.487 e. The summed E-state index contributed by atoms with van der Waals surface area (Å²) >= 11 is 1.49. The number of hydrogen-bond acceptors (Lipinski definition) is 5. The van der Waals surface area contributed by atoms with Crippen LogP contribution in [0.4, 0.5) is 4.39 Å². The number of rotatable bonds is 1. The minimum absolute atomic E-state index is 0.0589. The zero-order valence-corrected chi connectivity index (χ0v) is 19.7. The van der Waals surface area contributed by atoms with Crippen molar-refractivity contribution in [3.05, 3.63) is 65.0 Å². The Balaban J connectivity index is 1.60. The van der Waals surface area contributed by atoms with Crippen LogP contribution in [0.15, 0.2) is 47.6 Å². The van der Waals surface area contributed by atoms with Crippen LogP contribution in [-0.2, 0) is 14.5 Å². The molecule has 2 amide bonds. The zero-order valence-electron chi connectivity index (χ0n) is 18.9. The predicted octanol–water partition coefficient (Wildman–Crippen LogP) is 4.41. The Kier molecular flexibility index (Phi) is 5.23. The Labute approximate surface area is 196 Å². The number of aryl methyl sites for hydroxylation is 1. The minimum Gasteiger partial charge on any atom is -0.487 e. The van der Waals surface area contributed by atoms with Crippen molar-refractivity contribution in [2.24, 2.45) is 5.10 Å². The molecule has 3 aliphatic heterocycles. The van der Waals surface area contributed by atoms with Gasteiger partial charge in [-0.25, -0.2) is 9.40 Å². The number of nitrogens with zero attached hydrogens (tertiary/aromatic N) is 3. The summed E-state index contributed by atoms with van der Waals surface area (Å²) < 4.78 is 20.7. The fraction of sp³-hybridized carbons (Fsp3) is 0.400. The molecule has 172 valence electrons. The van der Waals surface area contributed by atoms with Crippen molar-refractivity contribution in [2.75, 3.05) is 13.1 Å². The maximum atomic E-state index is 14.1. The van der Waals surface area contributed by atoms with E-state index in [-0.39, 0.29) is 17.6 Å². The fourth-order valence-corrected chi connectivity index (χ4v) is 6.76. The van der Waals surface area contributed by atoms with Gasteiger partial charge in [0.25, 0.3) is 0 Å². The van der Waals surface area contributed by atoms with Gasteiger partial charge in [0, 0.05) is 57.3 Å². The molecule has 6 nitrogen and oxygen atoms in total. The standard InChI is InChI=1S/C25H26FN3O3S/c1-16-8-9-19(26)14-20(16)23-27-29(18(3)31)25(33-23)15-24(10-12-28(13-11-24)17(2)30)32-22-7-5-4-6-21(22)25/h4-9,14H,10-13,15H2,1-3H3. The summed E-state index contributed by atoms with van der Waals surface area (Å²) in [6.45, 7) is 6.22. The van der Waals surface area contributed by atoms with E-state index < -0.39 is 10.5 Å². The van der Waals surface area contributed by atoms with E-state index in [2.05, 4.69) is 0 Å². The number of benzene rings is 2. The molecule has 1 fully saturated rings. The molecule has 3 aliphatic rings. The second-order valence-corrected chi connectivity index (χ2v) is 10.3. The van der Waals surface area contributed by atoms with Crippen LogP contribution in [0.3, 0.4) is 0 Å². The van der Waals surface area contributed by atoms with Crippen molar-refractivity contribution in [1.82, 2.24) is 9.91 Å². The number of piperidine rings is 1. The van der Waals surface area contributed by atoms with Crippen molar-refractivity contribution in [1.29, 1.82) is 0 Å². The minimum atomic E-state index is -0.798. The summed E-state index contributed by atoms with van der Waals surface area (Å²) in [5.74, 6) is 0.268. The quantitative estimate of drug-likeness (QED) is 0.624. The molecule has 2 aromatic carbocycles. The van der Waals surface area contributed by atoms with Crippen LogP contribution in [0.1, 0.15) is 49.8 Å². The first-order valence-electron chi connectivity index (χ1n) is 11.1. The number of hydrogen-bond donors (Lipinski definition) is 0. The second-order valence-electron chi connectivity index (χ2n) is 9.05. The van der Waals surface area contributed by atoms with Gasteiger partial charge in [0.1, 0.15) is 27.1 Å². The number of halogens is 1. The van der Waals surface area contributed by atoms with Gasteiger partial charge in [-0.15, -0.1) is 0 Å². The molecule has 0 bridgehead atoms. The van der Waals surface area contributed by atoms with Crippen molar-refractivity contribution in [3.63, 3.8) is 0 Å². The molecule has 3 heterocycles. The first-order valence-corrected chi connectivity index (χ1v) is 11.9. The summed E-state index contributed by atoms with van der Waals surface area (Å²) in [4.78, 5) is 25.8. The van der Waals surface area contributed by atoms with Crippen molar-refractivity contribution in [2.45, 2.75) is 50.5 Å². The number of fused-ring (bicyclic) bond motifs is 2. The van der Waals surface area contributed by atoms with E-state index in [9.17, 15) is 14.0 Å². The number of amides is 2. The number of ether oxygens (including phenoxy) is 1. The highest BCUT2D eigenvalue weighted by molar-refractivity contribution is 8.15. The highest BCUT2D eigenvalue weighted by Gasteiger charge is 2.58. The average Bonchev–Trinajstić information content (AvgIpc) is 3.15. The molecule has 0 aliphatic carbocycles. The van der Waals surface area contributed by atoms with Crippen molar-refractivity contribution >= 4 is 28.6 Å². The summed E-state index contributed by atoms with van der Waals surface area (Å²) in [5.41, 5.74) is 1.95. The van der Waals surface area contributed by atoms with Crippen LogP contribution < -0.4 is 4.74 Å². The van der Waals surface area contributed by atoms with E-state index in [1.165, 1.54) is 30.8 Å². The Bertz CT molecular complexity index is 1180. The van der Waals surface area contributed by atoms with Crippen molar-refractivity contribution < 1.29 is 18.7 Å². The van der Waals surface area contributed by atoms with E-state index in [0.717, 1.165) is 16.9 Å². The molecule has 33 heavy (non-hydrogen) atoms. The van der Waals surface area contributed by atoms with Gasteiger partial charge in [-0.05, 0) is 30.7 Å². The first-order chi connectivity index (χ1) is 15.7. The Morgan fingerprint density at radius 1 is 1.09 bits per heavy atom. The third-order valence-electron chi connectivity index (χ3n) is 6.84. The zero-order chi connectivity index (χ0) is 23.4. The third kappa shape index (κ3) is 3.60. The number of carbonyl (C=O) groups excluding carboxylic acids is 2. The van der Waals surface area contributed by atoms with Gasteiger partial charge in [-0.3, -0.25) is 9.59 Å². The Hall–Kier alpha value is -2.87. The van der Waals surface area contributed by atoms with Gasteiger partial charge in [0.15, 0.2) is 0 Å². The van der Waals surface area contributed by atoms with E-state index >= 15 is 0 Å². The van der Waals surface area contributed by atoms with Gasteiger partial charge in [0.05, 0.1) is 0 Å². The summed E-state index contributed by atoms with van der Waals surface area (Å²) in [5, 5.41) is 6.91. The molecular formula is C25H26FN3O3S. The molecule has 2 spiro atoms. The summed E-state index contributed by atoms with van der Waals surface area (Å²) in [7, 11) is 0. The molecule has 8 heteroatoms. The number of thioether (sulfide) groups is 1. The third-order valence-corrected chi connectivity index (χ3v) is 8.21. The van der Waals surface area contributed by atoms with Crippen LogP contribution in [-0.4, -0.2) is 45.5 Å². The number of likely N-dealkylation sites (tertiary alicyclic amines) is 1. The maximum absolute atomic E-state index is 14.1. The van der Waals surface area contributed by atoms with E-state index in [1.54, 1.807) is 18.0 Å². The van der Waals surface area contributed by atoms with Crippen molar-refractivity contribution in [3.8, 4) is 5.75 Å². The van der Waals surface area contributed by atoms with E-state index in [1.807, 2.05) is 36.1 Å². The summed E-state index contributed by atoms with van der Waals surface area (Å²) in [6, 6.07) is 12.4. The molecule has 0 radical (unpaired) electrons. The topological polar surface area (TPSA) is 62.2 Å². The first kappa shape index (κ1) is 21.9.